The summed E-state index contributed by atoms with van der Waals surface area (Å²) in [7, 11) is -1.47. The fraction of sp³-hybridized carbons (Fsp3) is 0.706. The highest BCUT2D eigenvalue weighted by Crippen LogP contribution is 2.45. The van der Waals surface area contributed by atoms with Crippen LogP contribution >= 0.6 is 0 Å². The molecule has 0 aliphatic carbocycles. The van der Waals surface area contributed by atoms with E-state index in [1.54, 1.807) is 23.8 Å². The molecule has 1 unspecified atom stereocenters. The molecule has 0 aromatic carbocycles. The van der Waals surface area contributed by atoms with Gasteiger partial charge in [0.05, 0.1) is 12.9 Å². The topological polar surface area (TPSA) is 113 Å². The molecular weight excluding hydrogens is 429 g/mol. The lowest BCUT2D eigenvalue weighted by Crippen LogP contribution is -2.46. The second-order valence-electron chi connectivity index (χ2n) is 7.41. The van der Waals surface area contributed by atoms with Crippen molar-refractivity contribution in [1.29, 1.82) is 0 Å². The molecule has 0 radical (unpaired) electrons. The van der Waals surface area contributed by atoms with Crippen LogP contribution in [0.15, 0.2) is 18.5 Å². The van der Waals surface area contributed by atoms with Crippen molar-refractivity contribution in [2.75, 3.05) is 51.1 Å². The number of rotatable bonds is 4. The summed E-state index contributed by atoms with van der Waals surface area (Å²) in [4.78, 5) is 19.7. The highest BCUT2D eigenvalue weighted by molar-refractivity contribution is 7.88. The first kappa shape index (κ1) is 24.3. The number of nitrogens with zero attached hydrogens (tertiary/aromatic N) is 4. The van der Waals surface area contributed by atoms with E-state index in [1.165, 1.54) is 6.26 Å². The van der Waals surface area contributed by atoms with Gasteiger partial charge in [0.2, 0.25) is 16.0 Å². The number of piperidine rings is 1. The molecule has 2 saturated heterocycles. The maximum Gasteiger partial charge on any atom is 0.490 e. The van der Waals surface area contributed by atoms with Gasteiger partial charge < -0.3 is 14.7 Å². The van der Waals surface area contributed by atoms with Gasteiger partial charge in [0, 0.05) is 51.6 Å². The first-order chi connectivity index (χ1) is 13.9. The van der Waals surface area contributed by atoms with Crippen LogP contribution in [0.5, 0.6) is 0 Å². The number of carboxylic acids is 1. The number of sulfonamides is 1. The quantitative estimate of drug-likeness (QED) is 0.723. The molecule has 30 heavy (non-hydrogen) atoms. The summed E-state index contributed by atoms with van der Waals surface area (Å²) in [5.74, 6) is -1.75. The first-order valence-corrected chi connectivity index (χ1v) is 11.0. The van der Waals surface area contributed by atoms with Crippen LogP contribution in [0.1, 0.15) is 12.8 Å². The summed E-state index contributed by atoms with van der Waals surface area (Å²) in [5.41, 5.74) is 0.00434. The lowest BCUT2D eigenvalue weighted by atomic mass is 9.71. The normalized spacial score (nSPS) is 21.9. The van der Waals surface area contributed by atoms with Crippen molar-refractivity contribution in [3.63, 3.8) is 0 Å². The number of aliphatic carboxylic acids is 1. The number of methoxy groups -OCH3 is 1. The maximum atomic E-state index is 11.9. The van der Waals surface area contributed by atoms with Gasteiger partial charge in [0.1, 0.15) is 0 Å². The standard InChI is InChI=1S/C15H24N4O3S.C2HF3O2/c1-22-11-13-10-19(23(2,20)21)12-15(13)4-8-18(9-5-15)14-16-6-3-7-17-14;3-2(4,5)1(6)7/h3,6-7,13H,4-5,8-12H2,1-2H3;(H,6,7). The molecule has 2 fully saturated rings. The minimum Gasteiger partial charge on any atom is -0.475 e. The number of ether oxygens (including phenoxy) is 1. The Hall–Kier alpha value is -1.99. The van der Waals surface area contributed by atoms with Gasteiger partial charge in [-0.3, -0.25) is 0 Å². The first-order valence-electron chi connectivity index (χ1n) is 9.15. The van der Waals surface area contributed by atoms with Crippen LogP contribution in [0.3, 0.4) is 0 Å². The molecule has 3 heterocycles. The molecule has 1 N–H and O–H groups in total. The second kappa shape index (κ2) is 9.43. The van der Waals surface area contributed by atoms with Crippen molar-refractivity contribution >= 4 is 21.9 Å². The lowest BCUT2D eigenvalue weighted by molar-refractivity contribution is -0.192. The Morgan fingerprint density at radius 1 is 1.30 bits per heavy atom. The van der Waals surface area contributed by atoms with Gasteiger partial charge in [-0.1, -0.05) is 0 Å². The number of anilines is 1. The van der Waals surface area contributed by atoms with E-state index in [2.05, 4.69) is 14.9 Å². The molecule has 9 nitrogen and oxygen atoms in total. The SMILES string of the molecule is COCC1CN(S(C)(=O)=O)CC12CCN(c1ncccn1)CC2.O=C(O)C(F)(F)F. The number of aromatic nitrogens is 2. The molecule has 1 aromatic rings. The van der Waals surface area contributed by atoms with Crippen LogP contribution in [0.25, 0.3) is 0 Å². The average Bonchev–Trinajstić information content (AvgIpc) is 3.01. The van der Waals surface area contributed by atoms with Gasteiger partial charge in [0.15, 0.2) is 0 Å². The van der Waals surface area contributed by atoms with Gasteiger partial charge in [-0.15, -0.1) is 0 Å². The zero-order valence-corrected chi connectivity index (χ0v) is 17.5. The minimum absolute atomic E-state index is 0.00434. The second-order valence-corrected chi connectivity index (χ2v) is 9.39. The zero-order chi connectivity index (χ0) is 22.6. The Kier molecular flexibility index (Phi) is 7.64. The van der Waals surface area contributed by atoms with Crippen molar-refractivity contribution < 1.29 is 36.2 Å². The van der Waals surface area contributed by atoms with Crippen LogP contribution in [0, 0.1) is 11.3 Å². The molecule has 1 aromatic heterocycles. The monoisotopic (exact) mass is 454 g/mol. The third-order valence-electron chi connectivity index (χ3n) is 5.45. The molecule has 13 heteroatoms. The van der Waals surface area contributed by atoms with E-state index in [4.69, 9.17) is 14.6 Å². The smallest absolute Gasteiger partial charge is 0.475 e. The van der Waals surface area contributed by atoms with Crippen LogP contribution in [-0.4, -0.2) is 86.1 Å². The van der Waals surface area contributed by atoms with Crippen LogP contribution in [-0.2, 0) is 19.6 Å². The highest BCUT2D eigenvalue weighted by Gasteiger charge is 2.50. The minimum atomic E-state index is -5.08. The third-order valence-corrected chi connectivity index (χ3v) is 6.67. The fourth-order valence-corrected chi connectivity index (χ4v) is 4.78. The molecule has 170 valence electrons. The summed E-state index contributed by atoms with van der Waals surface area (Å²) in [6, 6.07) is 1.81. The zero-order valence-electron chi connectivity index (χ0n) is 16.7. The summed E-state index contributed by atoms with van der Waals surface area (Å²) in [6.45, 7) is 3.47. The van der Waals surface area contributed by atoms with Crippen molar-refractivity contribution in [1.82, 2.24) is 14.3 Å². The van der Waals surface area contributed by atoms with Crippen molar-refractivity contribution in [3.05, 3.63) is 18.5 Å². The summed E-state index contributed by atoms with van der Waals surface area (Å²) in [5, 5.41) is 7.12. The Bertz CT molecular complexity index is 814. The van der Waals surface area contributed by atoms with E-state index >= 15 is 0 Å². The number of halogens is 3. The molecule has 0 amide bonds. The molecule has 0 bridgehead atoms. The van der Waals surface area contributed by atoms with Crippen molar-refractivity contribution in [2.24, 2.45) is 11.3 Å². The summed E-state index contributed by atoms with van der Waals surface area (Å²) < 4.78 is 62.6. The number of carbonyl (C=O) groups is 1. The summed E-state index contributed by atoms with van der Waals surface area (Å²) in [6.07, 6.45) is 1.59. The van der Waals surface area contributed by atoms with E-state index in [9.17, 15) is 21.6 Å². The predicted molar refractivity (Wildman–Crippen MR) is 101 cm³/mol. The Labute approximate surface area is 172 Å². The van der Waals surface area contributed by atoms with Gasteiger partial charge in [-0.25, -0.2) is 27.5 Å². The van der Waals surface area contributed by atoms with Crippen LogP contribution < -0.4 is 4.90 Å². The molecule has 2 aliphatic heterocycles. The molecule has 1 spiro atoms. The van der Waals surface area contributed by atoms with Gasteiger partial charge >= 0.3 is 12.1 Å². The fourth-order valence-electron chi connectivity index (χ4n) is 3.84. The Morgan fingerprint density at radius 2 is 1.83 bits per heavy atom. The number of hydrogen-bond acceptors (Lipinski definition) is 7. The summed E-state index contributed by atoms with van der Waals surface area (Å²) >= 11 is 0. The van der Waals surface area contributed by atoms with Crippen LogP contribution in [0.4, 0.5) is 19.1 Å². The molecule has 0 saturated carbocycles. The maximum absolute atomic E-state index is 11.9. The van der Waals surface area contributed by atoms with Crippen molar-refractivity contribution in [3.8, 4) is 0 Å². The Balaban J connectivity index is 0.000000396. The van der Waals surface area contributed by atoms with E-state index in [0.29, 0.717) is 19.7 Å². The van der Waals surface area contributed by atoms with Gasteiger partial charge in [-0.2, -0.15) is 13.2 Å². The predicted octanol–water partition coefficient (Wildman–Crippen LogP) is 1.23. The molecule has 1 atom stereocenters. The van der Waals surface area contributed by atoms with Crippen LogP contribution in [0.2, 0.25) is 0 Å². The number of hydrogen-bond donors (Lipinski definition) is 1. The van der Waals surface area contributed by atoms with Gasteiger partial charge in [-0.05, 0) is 24.3 Å². The highest BCUT2D eigenvalue weighted by atomic mass is 32.2. The molecule has 3 rings (SSSR count). The van der Waals surface area contributed by atoms with E-state index in [-0.39, 0.29) is 11.3 Å². The van der Waals surface area contributed by atoms with E-state index in [0.717, 1.165) is 31.9 Å². The van der Waals surface area contributed by atoms with E-state index in [1.807, 2.05) is 6.07 Å². The Morgan fingerprint density at radius 3 is 2.27 bits per heavy atom. The lowest BCUT2D eigenvalue weighted by Gasteiger charge is -2.42. The third kappa shape index (κ3) is 6.01. The molecule has 2 aliphatic rings. The van der Waals surface area contributed by atoms with Crippen molar-refractivity contribution in [2.45, 2.75) is 19.0 Å². The molecular formula is C17H25F3N4O5S. The average molecular weight is 454 g/mol. The number of carboxylic acid groups (broad SMARTS) is 1. The number of alkyl halides is 3. The van der Waals surface area contributed by atoms with Gasteiger partial charge in [0.25, 0.3) is 0 Å². The largest absolute Gasteiger partial charge is 0.490 e. The van der Waals surface area contributed by atoms with E-state index < -0.39 is 22.2 Å².